The van der Waals surface area contributed by atoms with Gasteiger partial charge in [0.2, 0.25) is 0 Å². The normalized spacial score (nSPS) is 23.5. The van der Waals surface area contributed by atoms with Gasteiger partial charge >= 0.3 is 5.97 Å². The Morgan fingerprint density at radius 3 is 2.58 bits per heavy atom. The lowest BCUT2D eigenvalue weighted by Gasteiger charge is -2.35. The maximum Gasteiger partial charge on any atom is 0.310 e. The van der Waals surface area contributed by atoms with Crippen LogP contribution in [0.5, 0.6) is 0 Å². The van der Waals surface area contributed by atoms with Crippen molar-refractivity contribution >= 4 is 23.0 Å². The Bertz CT molecular complexity index is 424. The number of likely N-dealkylation sites (tertiary alicyclic amines) is 1. The lowest BCUT2D eigenvalue weighted by atomic mass is 9.80. The van der Waals surface area contributed by atoms with Gasteiger partial charge in [0, 0.05) is 6.54 Å². The summed E-state index contributed by atoms with van der Waals surface area (Å²) < 4.78 is 17.8. The van der Waals surface area contributed by atoms with Crippen molar-refractivity contribution in [2.75, 3.05) is 27.2 Å². The first-order chi connectivity index (χ1) is 8.61. The van der Waals surface area contributed by atoms with Crippen LogP contribution in [0.2, 0.25) is 0 Å². The van der Waals surface area contributed by atoms with Crippen LogP contribution in [-0.2, 0) is 9.53 Å². The van der Waals surface area contributed by atoms with Crippen LogP contribution in [0.3, 0.4) is 0 Å². The van der Waals surface area contributed by atoms with Gasteiger partial charge < -0.3 is 9.64 Å². The second-order valence-corrected chi connectivity index (χ2v) is 4.84. The van der Waals surface area contributed by atoms with E-state index in [0.29, 0.717) is 6.54 Å². The molecule has 1 aromatic carbocycles. The first kappa shape index (κ1) is 16.1. The molecule has 1 aliphatic heterocycles. The molecule has 0 spiro atoms. The quantitative estimate of drug-likeness (QED) is 0.780. The summed E-state index contributed by atoms with van der Waals surface area (Å²) in [5, 5.41) is 0. The average Bonchev–Trinajstić information content (AvgIpc) is 2.39. The molecule has 1 aromatic rings. The number of ether oxygens (including phenoxy) is 1. The summed E-state index contributed by atoms with van der Waals surface area (Å²) in [6, 6.07) is 6.42. The summed E-state index contributed by atoms with van der Waals surface area (Å²) in [7, 11) is 3.41. The van der Waals surface area contributed by atoms with Gasteiger partial charge in [0.1, 0.15) is 5.82 Å². The van der Waals surface area contributed by atoms with Crippen LogP contribution in [0.15, 0.2) is 24.3 Å². The molecular weight excluding hydrogens is 313 g/mol. The van der Waals surface area contributed by atoms with Crippen LogP contribution in [0.25, 0.3) is 0 Å². The zero-order chi connectivity index (χ0) is 13.1. The molecule has 106 valence electrons. The molecule has 0 saturated carbocycles. The minimum Gasteiger partial charge on any atom is -0.469 e. The van der Waals surface area contributed by atoms with Crippen LogP contribution in [-0.4, -0.2) is 38.1 Å². The first-order valence-corrected chi connectivity index (χ1v) is 6.13. The zero-order valence-electron chi connectivity index (χ0n) is 11.1. The van der Waals surface area contributed by atoms with E-state index < -0.39 is 0 Å². The fourth-order valence-electron chi connectivity index (χ4n) is 2.61. The number of halogens is 2. The highest BCUT2D eigenvalue weighted by atomic mass is 79.9. The Morgan fingerprint density at radius 2 is 2.00 bits per heavy atom. The van der Waals surface area contributed by atoms with Gasteiger partial charge in [-0.05, 0) is 43.6 Å². The predicted molar refractivity (Wildman–Crippen MR) is 77.1 cm³/mol. The Balaban J connectivity index is 0.00000180. The molecule has 0 radical (unpaired) electrons. The number of esters is 1. The van der Waals surface area contributed by atoms with Gasteiger partial charge in [-0.1, -0.05) is 12.1 Å². The third-order valence-electron chi connectivity index (χ3n) is 3.62. The van der Waals surface area contributed by atoms with Crippen molar-refractivity contribution in [3.8, 4) is 0 Å². The molecule has 3 nitrogen and oxygen atoms in total. The van der Waals surface area contributed by atoms with Gasteiger partial charge in [-0.25, -0.2) is 4.39 Å². The maximum absolute atomic E-state index is 12.9. The van der Waals surface area contributed by atoms with Gasteiger partial charge in [-0.3, -0.25) is 4.79 Å². The molecule has 5 heteroatoms. The number of hydrogen-bond acceptors (Lipinski definition) is 3. The molecule has 1 heterocycles. The van der Waals surface area contributed by atoms with E-state index in [1.165, 1.54) is 19.2 Å². The number of nitrogens with zero attached hydrogens (tertiary/aromatic N) is 1. The molecule has 1 fully saturated rings. The largest absolute Gasteiger partial charge is 0.469 e. The predicted octanol–water partition coefficient (Wildman–Crippen LogP) is 2.61. The summed E-state index contributed by atoms with van der Waals surface area (Å²) in [5.41, 5.74) is 1.01. The van der Waals surface area contributed by atoms with Crippen molar-refractivity contribution in [2.45, 2.75) is 12.3 Å². The second-order valence-electron chi connectivity index (χ2n) is 4.84. The van der Waals surface area contributed by atoms with Crippen molar-refractivity contribution in [1.29, 1.82) is 0 Å². The number of methoxy groups -OCH3 is 1. The van der Waals surface area contributed by atoms with Crippen molar-refractivity contribution in [2.24, 2.45) is 5.92 Å². The Kier molecular flexibility index (Phi) is 5.94. The van der Waals surface area contributed by atoms with E-state index in [1.807, 2.05) is 7.05 Å². The van der Waals surface area contributed by atoms with Gasteiger partial charge in [-0.2, -0.15) is 0 Å². The number of hydrogen-bond donors (Lipinski definition) is 0. The third-order valence-corrected chi connectivity index (χ3v) is 3.62. The van der Waals surface area contributed by atoms with E-state index in [-0.39, 0.29) is 40.6 Å². The van der Waals surface area contributed by atoms with Crippen LogP contribution >= 0.6 is 17.0 Å². The van der Waals surface area contributed by atoms with Crippen molar-refractivity contribution in [3.63, 3.8) is 0 Å². The summed E-state index contributed by atoms with van der Waals surface area (Å²) in [5.74, 6) is -0.481. The van der Waals surface area contributed by atoms with Crippen LogP contribution < -0.4 is 0 Å². The number of rotatable bonds is 2. The molecule has 0 aromatic heterocycles. The molecule has 0 unspecified atom stereocenters. The minimum atomic E-state index is -0.249. The van der Waals surface area contributed by atoms with Gasteiger partial charge in [0.15, 0.2) is 0 Å². The molecule has 0 amide bonds. The molecule has 19 heavy (non-hydrogen) atoms. The molecule has 1 aliphatic rings. The highest BCUT2D eigenvalue weighted by molar-refractivity contribution is 8.93. The SMILES string of the molecule is Br.COC(=O)[C@H]1CN(C)CC[C@@H]1c1ccc(F)cc1. The van der Waals surface area contributed by atoms with Crippen molar-refractivity contribution in [1.82, 2.24) is 4.90 Å². The van der Waals surface area contributed by atoms with Gasteiger partial charge in [0.05, 0.1) is 13.0 Å². The summed E-state index contributed by atoms with van der Waals surface area (Å²) in [6.45, 7) is 1.63. The van der Waals surface area contributed by atoms with E-state index in [0.717, 1.165) is 18.5 Å². The van der Waals surface area contributed by atoms with E-state index in [2.05, 4.69) is 4.90 Å². The van der Waals surface area contributed by atoms with Gasteiger partial charge in [0.25, 0.3) is 0 Å². The van der Waals surface area contributed by atoms with E-state index in [1.54, 1.807) is 12.1 Å². The third kappa shape index (κ3) is 3.76. The monoisotopic (exact) mass is 331 g/mol. The summed E-state index contributed by atoms with van der Waals surface area (Å²) >= 11 is 0. The molecule has 1 saturated heterocycles. The standard InChI is InChI=1S/C14H18FNO2.BrH/c1-16-8-7-12(13(9-16)14(17)18-2)10-3-5-11(15)6-4-10;/h3-6,12-13H,7-9H2,1-2H3;1H/t12-,13+;/m1./s1. The van der Waals surface area contributed by atoms with Crippen LogP contribution in [0.4, 0.5) is 4.39 Å². The van der Waals surface area contributed by atoms with E-state index >= 15 is 0 Å². The molecule has 0 bridgehead atoms. The second kappa shape index (κ2) is 7.01. The van der Waals surface area contributed by atoms with Crippen LogP contribution in [0, 0.1) is 11.7 Å². The highest BCUT2D eigenvalue weighted by Gasteiger charge is 2.34. The smallest absolute Gasteiger partial charge is 0.310 e. The van der Waals surface area contributed by atoms with Crippen molar-refractivity contribution in [3.05, 3.63) is 35.6 Å². The average molecular weight is 332 g/mol. The van der Waals surface area contributed by atoms with E-state index in [4.69, 9.17) is 4.74 Å². The Hall–Kier alpha value is -0.940. The topological polar surface area (TPSA) is 29.5 Å². The summed E-state index contributed by atoms with van der Waals surface area (Å²) in [6.07, 6.45) is 0.891. The summed E-state index contributed by atoms with van der Waals surface area (Å²) in [4.78, 5) is 14.0. The molecule has 2 rings (SSSR count). The lowest BCUT2D eigenvalue weighted by Crippen LogP contribution is -2.41. The fraction of sp³-hybridized carbons (Fsp3) is 0.500. The molecular formula is C14H19BrFNO2. The van der Waals surface area contributed by atoms with Crippen molar-refractivity contribution < 1.29 is 13.9 Å². The van der Waals surface area contributed by atoms with E-state index in [9.17, 15) is 9.18 Å². The maximum atomic E-state index is 12.9. The number of piperidine rings is 1. The minimum absolute atomic E-state index is 0. The molecule has 0 aliphatic carbocycles. The Labute approximate surface area is 123 Å². The fourth-order valence-corrected chi connectivity index (χ4v) is 2.61. The lowest BCUT2D eigenvalue weighted by molar-refractivity contribution is -0.148. The number of carbonyl (C=O) groups is 1. The van der Waals surface area contributed by atoms with Crippen LogP contribution in [0.1, 0.15) is 17.9 Å². The molecule has 0 N–H and O–H groups in total. The van der Waals surface area contributed by atoms with Gasteiger partial charge in [-0.15, -0.1) is 17.0 Å². The molecule has 2 atom stereocenters. The Morgan fingerprint density at radius 1 is 1.37 bits per heavy atom. The first-order valence-electron chi connectivity index (χ1n) is 6.13. The number of carbonyl (C=O) groups excluding carboxylic acids is 1. The zero-order valence-corrected chi connectivity index (χ0v) is 12.8. The highest BCUT2D eigenvalue weighted by Crippen LogP contribution is 2.33. The number of benzene rings is 1.